The molecule has 0 radical (unpaired) electrons. The molecule has 1 aliphatic heterocycles. The van der Waals surface area contributed by atoms with E-state index in [1.807, 2.05) is 48.5 Å². The smallest absolute Gasteiger partial charge is 0.313 e. The van der Waals surface area contributed by atoms with Gasteiger partial charge in [0.05, 0.1) is 25.2 Å². The zero-order valence-corrected chi connectivity index (χ0v) is 20.7. The van der Waals surface area contributed by atoms with E-state index >= 15 is 0 Å². The van der Waals surface area contributed by atoms with Crippen molar-refractivity contribution < 1.29 is 24.3 Å². The Morgan fingerprint density at radius 3 is 2.18 bits per heavy atom. The molecule has 1 aliphatic rings. The largest absolute Gasteiger partial charge is 0.465 e. The lowest BCUT2D eigenvalue weighted by Gasteiger charge is -2.22. The third-order valence-electron chi connectivity index (χ3n) is 5.51. The van der Waals surface area contributed by atoms with Crippen LogP contribution < -0.4 is 9.47 Å². The fraction of sp³-hybridized carbons (Fsp3) is 0.440. The van der Waals surface area contributed by atoms with E-state index in [0.29, 0.717) is 19.7 Å². The number of carbonyl (C=O) groups is 1. The minimum absolute atomic E-state index is 0.0543. The fourth-order valence-electron chi connectivity index (χ4n) is 3.42. The third kappa shape index (κ3) is 7.78. The van der Waals surface area contributed by atoms with Crippen LogP contribution in [0.15, 0.2) is 48.8 Å². The topological polar surface area (TPSA) is 73.9 Å². The zero-order valence-electron chi connectivity index (χ0n) is 19.1. The van der Waals surface area contributed by atoms with Crippen LogP contribution >= 0.6 is 21.6 Å². The number of ether oxygens (including phenoxy) is 1. The van der Waals surface area contributed by atoms with Gasteiger partial charge in [0.25, 0.3) is 0 Å². The highest BCUT2D eigenvalue weighted by atomic mass is 33.1. The number of esters is 1. The molecule has 1 aromatic heterocycles. The summed E-state index contributed by atoms with van der Waals surface area (Å²) in [5.41, 5.74) is 2.83. The Morgan fingerprint density at radius 1 is 1.03 bits per heavy atom. The van der Waals surface area contributed by atoms with Crippen molar-refractivity contribution in [1.82, 2.24) is 0 Å². The Hall–Kier alpha value is -2.00. The van der Waals surface area contributed by atoms with Crippen LogP contribution in [0.25, 0.3) is 12.2 Å². The maximum Gasteiger partial charge on any atom is 0.313 e. The Bertz CT molecular complexity index is 892. The van der Waals surface area contributed by atoms with Gasteiger partial charge in [-0.3, -0.25) is 4.79 Å². The fourth-order valence-corrected chi connectivity index (χ4v) is 6.73. The van der Waals surface area contributed by atoms with Crippen molar-refractivity contribution in [2.75, 3.05) is 49.3 Å². The van der Waals surface area contributed by atoms with Crippen LogP contribution in [0, 0.1) is 5.41 Å². The number of aryl methyl sites for hydroxylation is 1. The molecule has 2 heterocycles. The number of benzene rings is 1. The number of rotatable bonds is 12. The molecule has 1 fully saturated rings. The molecule has 1 aromatic carbocycles. The number of hydrogen-bond acceptors (Lipinski definition) is 7. The van der Waals surface area contributed by atoms with Crippen molar-refractivity contribution in [3.05, 3.63) is 59.9 Å². The highest BCUT2D eigenvalue weighted by Gasteiger charge is 2.39. The van der Waals surface area contributed by atoms with Crippen molar-refractivity contribution in [2.45, 2.75) is 19.9 Å². The minimum Gasteiger partial charge on any atom is -0.465 e. The summed E-state index contributed by atoms with van der Waals surface area (Å²) in [6.07, 6.45) is 9.00. The number of pyridine rings is 1. The maximum absolute atomic E-state index is 12.2. The van der Waals surface area contributed by atoms with Crippen molar-refractivity contribution in [3.63, 3.8) is 0 Å². The molecule has 2 aromatic rings. The normalized spacial score (nSPS) is 15.1. The first kappa shape index (κ1) is 25.6. The van der Waals surface area contributed by atoms with Gasteiger partial charge in [-0.2, -0.15) is 0 Å². The van der Waals surface area contributed by atoms with Crippen molar-refractivity contribution in [1.29, 1.82) is 0 Å². The maximum atomic E-state index is 12.2. The molecule has 2 N–H and O–H groups in total. The molecule has 0 unspecified atom stereocenters. The van der Waals surface area contributed by atoms with E-state index in [2.05, 4.69) is 28.9 Å². The van der Waals surface area contributed by atoms with Crippen LogP contribution in [-0.2, 0) is 16.1 Å². The summed E-state index contributed by atoms with van der Waals surface area (Å²) >= 11 is 0. The first-order chi connectivity index (χ1) is 16.0. The lowest BCUT2D eigenvalue weighted by Crippen LogP contribution is -2.35. The molecule has 0 amide bonds. The summed E-state index contributed by atoms with van der Waals surface area (Å²) in [7, 11) is 3.48. The van der Waals surface area contributed by atoms with Gasteiger partial charge >= 0.3 is 5.97 Å². The lowest BCUT2D eigenvalue weighted by molar-refractivity contribution is -0.697. The Morgan fingerprint density at radius 2 is 1.61 bits per heavy atom. The van der Waals surface area contributed by atoms with Crippen molar-refractivity contribution >= 4 is 45.4 Å². The summed E-state index contributed by atoms with van der Waals surface area (Å²) < 4.78 is 7.59. The second-order valence-corrected chi connectivity index (χ2v) is 10.8. The van der Waals surface area contributed by atoms with Crippen LogP contribution in [0.1, 0.15) is 24.5 Å². The van der Waals surface area contributed by atoms with E-state index in [0.717, 1.165) is 41.3 Å². The molecular formula is C25H33N2O4S2+. The number of hydrogen-bond donors (Lipinski definition) is 2. The summed E-state index contributed by atoms with van der Waals surface area (Å²) in [6, 6.07) is 12.2. The van der Waals surface area contributed by atoms with Gasteiger partial charge in [0.2, 0.25) is 0 Å². The first-order valence-electron chi connectivity index (χ1n) is 11.2. The van der Waals surface area contributed by atoms with Crippen LogP contribution in [-0.4, -0.2) is 60.6 Å². The molecule has 6 nitrogen and oxygen atoms in total. The summed E-state index contributed by atoms with van der Waals surface area (Å²) in [5, 5.41) is 18.4. The van der Waals surface area contributed by atoms with Crippen LogP contribution in [0.3, 0.4) is 0 Å². The zero-order chi connectivity index (χ0) is 23.5. The lowest BCUT2D eigenvalue weighted by atomic mass is 9.96. The standard InChI is InChI=1S/C25H33N2O4S2/c1-25(19-32-33-20-25)24(30)31-18-2-11-26-12-9-22(10-13-26)4-3-21-5-7-23(8-6-21)27(14-16-28)15-17-29/h3-10,12-13,28-29H,2,11,14-20H2,1H3/q+1. The summed E-state index contributed by atoms with van der Waals surface area (Å²) in [5.74, 6) is 1.58. The molecule has 33 heavy (non-hydrogen) atoms. The SMILES string of the molecule is CC1(C(=O)OCCC[n+]2ccc(/C=C/c3ccc(N(CCO)CCO)cc3)cc2)CSSC1. The Kier molecular flexibility index (Phi) is 10.1. The van der Waals surface area contributed by atoms with Gasteiger partial charge in [-0.25, -0.2) is 4.57 Å². The molecule has 1 saturated heterocycles. The average molecular weight is 490 g/mol. The Balaban J connectivity index is 1.44. The molecule has 178 valence electrons. The Labute approximate surface area is 204 Å². The van der Waals surface area contributed by atoms with E-state index in [9.17, 15) is 15.0 Å². The van der Waals surface area contributed by atoms with Crippen LogP contribution in [0.4, 0.5) is 5.69 Å². The number of aromatic nitrogens is 1. The van der Waals surface area contributed by atoms with Gasteiger partial charge in [0, 0.05) is 48.8 Å². The molecular weight excluding hydrogens is 456 g/mol. The van der Waals surface area contributed by atoms with Gasteiger partial charge in [-0.1, -0.05) is 45.9 Å². The molecule has 0 bridgehead atoms. The highest BCUT2D eigenvalue weighted by molar-refractivity contribution is 8.77. The molecule has 0 atom stereocenters. The van der Waals surface area contributed by atoms with E-state index in [4.69, 9.17) is 4.74 Å². The van der Waals surface area contributed by atoms with E-state index in [1.54, 1.807) is 21.6 Å². The van der Waals surface area contributed by atoms with Crippen LogP contribution in [0.5, 0.6) is 0 Å². The monoisotopic (exact) mass is 489 g/mol. The van der Waals surface area contributed by atoms with Gasteiger partial charge in [0.1, 0.15) is 0 Å². The molecule has 0 aliphatic carbocycles. The highest BCUT2D eigenvalue weighted by Crippen LogP contribution is 2.43. The third-order valence-corrected chi connectivity index (χ3v) is 8.39. The van der Waals surface area contributed by atoms with Gasteiger partial charge in [-0.05, 0) is 30.2 Å². The minimum atomic E-state index is -0.338. The molecule has 0 saturated carbocycles. The van der Waals surface area contributed by atoms with E-state index in [1.165, 1.54) is 0 Å². The van der Waals surface area contributed by atoms with Gasteiger partial charge in [-0.15, -0.1) is 0 Å². The van der Waals surface area contributed by atoms with E-state index in [-0.39, 0.29) is 24.6 Å². The number of anilines is 1. The van der Waals surface area contributed by atoms with Crippen LogP contribution in [0.2, 0.25) is 0 Å². The van der Waals surface area contributed by atoms with Crippen molar-refractivity contribution in [3.8, 4) is 0 Å². The molecule has 0 spiro atoms. The number of aliphatic hydroxyl groups excluding tert-OH is 2. The second kappa shape index (κ2) is 13.0. The average Bonchev–Trinajstić information content (AvgIpc) is 3.29. The predicted molar refractivity (Wildman–Crippen MR) is 137 cm³/mol. The molecule has 8 heteroatoms. The van der Waals surface area contributed by atoms with Gasteiger partial charge < -0.3 is 19.8 Å². The van der Waals surface area contributed by atoms with Gasteiger partial charge in [0.15, 0.2) is 18.9 Å². The quantitative estimate of drug-likeness (QED) is 0.205. The number of nitrogens with zero attached hydrogens (tertiary/aromatic N) is 2. The first-order valence-corrected chi connectivity index (χ1v) is 13.7. The second-order valence-electron chi connectivity index (χ2n) is 8.30. The molecule has 3 rings (SSSR count). The summed E-state index contributed by atoms with van der Waals surface area (Å²) in [4.78, 5) is 14.2. The summed E-state index contributed by atoms with van der Waals surface area (Å²) in [6.45, 7) is 4.35. The van der Waals surface area contributed by atoms with E-state index < -0.39 is 0 Å². The number of carbonyl (C=O) groups excluding carboxylic acids is 1. The predicted octanol–water partition coefficient (Wildman–Crippen LogP) is 3.27. The van der Waals surface area contributed by atoms with Crippen molar-refractivity contribution in [2.24, 2.45) is 5.41 Å². The number of aliphatic hydroxyl groups is 2.